The van der Waals surface area contributed by atoms with Crippen molar-refractivity contribution in [2.45, 2.75) is 31.2 Å². The van der Waals surface area contributed by atoms with Crippen LogP contribution in [0.3, 0.4) is 0 Å². The SMILES string of the molecule is CCOc1ccc(-c2nnc(SC(C)C(=O)Nc3ccccc3C)n2N)cc1. The first-order chi connectivity index (χ1) is 13.5. The number of amides is 1. The molecule has 0 saturated carbocycles. The molecule has 3 N–H and O–H groups in total. The number of anilines is 1. The molecule has 0 aliphatic rings. The quantitative estimate of drug-likeness (QED) is 0.468. The number of aryl methyl sites for hydroxylation is 1. The first kappa shape index (κ1) is 19.8. The van der Waals surface area contributed by atoms with Crippen LogP contribution in [0.2, 0.25) is 0 Å². The Kier molecular flexibility index (Phi) is 6.20. The van der Waals surface area contributed by atoms with E-state index in [1.54, 1.807) is 0 Å². The molecule has 1 aromatic heterocycles. The molecule has 146 valence electrons. The van der Waals surface area contributed by atoms with Gasteiger partial charge in [-0.1, -0.05) is 30.0 Å². The number of benzene rings is 2. The summed E-state index contributed by atoms with van der Waals surface area (Å²) in [4.78, 5) is 12.5. The van der Waals surface area contributed by atoms with Crippen LogP contribution in [0.25, 0.3) is 11.4 Å². The molecule has 1 unspecified atom stereocenters. The summed E-state index contributed by atoms with van der Waals surface area (Å²) in [6, 6.07) is 15.1. The van der Waals surface area contributed by atoms with E-state index in [9.17, 15) is 4.79 Å². The fraction of sp³-hybridized carbons (Fsp3) is 0.250. The van der Waals surface area contributed by atoms with Gasteiger partial charge in [0.15, 0.2) is 5.82 Å². The second-order valence-electron chi connectivity index (χ2n) is 6.20. The number of nitrogens with two attached hydrogens (primary N) is 1. The lowest BCUT2D eigenvalue weighted by molar-refractivity contribution is -0.115. The highest BCUT2D eigenvalue weighted by Gasteiger charge is 2.20. The van der Waals surface area contributed by atoms with E-state index in [2.05, 4.69) is 15.5 Å². The average Bonchev–Trinajstić information content (AvgIpc) is 3.05. The Hall–Kier alpha value is -3.00. The van der Waals surface area contributed by atoms with Gasteiger partial charge in [0.05, 0.1) is 11.9 Å². The molecular weight excluding hydrogens is 374 g/mol. The van der Waals surface area contributed by atoms with Crippen LogP contribution in [-0.2, 0) is 4.79 Å². The number of carbonyl (C=O) groups excluding carboxylic acids is 1. The minimum absolute atomic E-state index is 0.120. The summed E-state index contributed by atoms with van der Waals surface area (Å²) in [6.07, 6.45) is 0. The molecule has 1 heterocycles. The summed E-state index contributed by atoms with van der Waals surface area (Å²) in [6.45, 7) is 6.30. The van der Waals surface area contributed by atoms with Crippen molar-refractivity contribution in [2.75, 3.05) is 17.8 Å². The molecular formula is C20H23N5O2S. The Morgan fingerprint density at radius 2 is 1.93 bits per heavy atom. The zero-order chi connectivity index (χ0) is 20.1. The van der Waals surface area contributed by atoms with E-state index in [-0.39, 0.29) is 11.2 Å². The molecule has 3 aromatic rings. The highest BCUT2D eigenvalue weighted by atomic mass is 32.2. The summed E-state index contributed by atoms with van der Waals surface area (Å²) >= 11 is 1.26. The van der Waals surface area contributed by atoms with Gasteiger partial charge in [-0.25, -0.2) is 4.68 Å². The molecule has 0 bridgehead atoms. The number of para-hydroxylation sites is 1. The van der Waals surface area contributed by atoms with E-state index < -0.39 is 0 Å². The second-order valence-corrected chi connectivity index (χ2v) is 7.51. The van der Waals surface area contributed by atoms with Crippen molar-refractivity contribution >= 4 is 23.4 Å². The van der Waals surface area contributed by atoms with Gasteiger partial charge < -0.3 is 15.9 Å². The lowest BCUT2D eigenvalue weighted by Crippen LogP contribution is -2.24. The summed E-state index contributed by atoms with van der Waals surface area (Å²) in [5.74, 6) is 7.35. The van der Waals surface area contributed by atoms with Gasteiger partial charge in [0.1, 0.15) is 5.75 Å². The van der Waals surface area contributed by atoms with Gasteiger partial charge in [-0.05, 0) is 56.7 Å². The Labute approximate surface area is 168 Å². The number of thioether (sulfide) groups is 1. The first-order valence-electron chi connectivity index (χ1n) is 8.96. The molecule has 8 heteroatoms. The van der Waals surface area contributed by atoms with Crippen molar-refractivity contribution in [3.05, 3.63) is 54.1 Å². The molecule has 0 aliphatic carbocycles. The molecule has 0 spiro atoms. The van der Waals surface area contributed by atoms with Crippen LogP contribution < -0.4 is 15.9 Å². The van der Waals surface area contributed by atoms with Crippen molar-refractivity contribution in [1.29, 1.82) is 0 Å². The molecule has 0 fully saturated rings. The third-order valence-corrected chi connectivity index (χ3v) is 5.20. The number of nitrogens with one attached hydrogen (secondary N) is 1. The second kappa shape index (κ2) is 8.79. The highest BCUT2D eigenvalue weighted by molar-refractivity contribution is 8.00. The van der Waals surface area contributed by atoms with Crippen molar-refractivity contribution in [2.24, 2.45) is 0 Å². The number of carbonyl (C=O) groups is 1. The minimum atomic E-state index is -0.390. The smallest absolute Gasteiger partial charge is 0.237 e. The van der Waals surface area contributed by atoms with Gasteiger partial charge >= 0.3 is 0 Å². The molecule has 28 heavy (non-hydrogen) atoms. The molecule has 3 rings (SSSR count). The van der Waals surface area contributed by atoms with Crippen molar-refractivity contribution in [1.82, 2.24) is 14.9 Å². The van der Waals surface area contributed by atoms with Crippen molar-refractivity contribution in [3.63, 3.8) is 0 Å². The number of nitrogen functional groups attached to an aromatic ring is 1. The first-order valence-corrected chi connectivity index (χ1v) is 9.84. The predicted octanol–water partition coefficient (Wildman–Crippen LogP) is 3.49. The van der Waals surface area contributed by atoms with E-state index in [0.29, 0.717) is 17.6 Å². The molecule has 1 amide bonds. The highest BCUT2D eigenvalue weighted by Crippen LogP contribution is 2.26. The Bertz CT molecular complexity index is 955. The van der Waals surface area contributed by atoms with E-state index in [1.807, 2.05) is 69.3 Å². The maximum atomic E-state index is 12.5. The zero-order valence-corrected chi connectivity index (χ0v) is 16.9. The lowest BCUT2D eigenvalue weighted by atomic mass is 10.2. The van der Waals surface area contributed by atoms with Crippen molar-refractivity contribution < 1.29 is 9.53 Å². The van der Waals surface area contributed by atoms with Crippen LogP contribution in [0.5, 0.6) is 5.75 Å². The van der Waals surface area contributed by atoms with E-state index in [0.717, 1.165) is 22.6 Å². The number of hydrogen-bond donors (Lipinski definition) is 2. The predicted molar refractivity (Wildman–Crippen MR) is 112 cm³/mol. The average molecular weight is 398 g/mol. The van der Waals surface area contributed by atoms with Gasteiger partial charge in [0.25, 0.3) is 0 Å². The third kappa shape index (κ3) is 4.45. The topological polar surface area (TPSA) is 95.1 Å². The fourth-order valence-electron chi connectivity index (χ4n) is 2.58. The van der Waals surface area contributed by atoms with E-state index >= 15 is 0 Å². The largest absolute Gasteiger partial charge is 0.494 e. The van der Waals surface area contributed by atoms with Crippen LogP contribution >= 0.6 is 11.8 Å². The van der Waals surface area contributed by atoms with Gasteiger partial charge in [0, 0.05) is 11.3 Å². The number of hydrogen-bond acceptors (Lipinski definition) is 6. The van der Waals surface area contributed by atoms with E-state index in [4.69, 9.17) is 10.6 Å². The summed E-state index contributed by atoms with van der Waals surface area (Å²) in [5.41, 5.74) is 2.62. The van der Waals surface area contributed by atoms with Crippen LogP contribution in [0, 0.1) is 6.92 Å². The van der Waals surface area contributed by atoms with Gasteiger partial charge in [-0.15, -0.1) is 10.2 Å². The maximum Gasteiger partial charge on any atom is 0.237 e. The standard InChI is InChI=1S/C20H23N5O2S/c1-4-27-16-11-9-15(10-12-16)18-23-24-20(25(18)21)28-14(3)19(26)22-17-8-6-5-7-13(17)2/h5-12,14H,4,21H2,1-3H3,(H,22,26). The molecule has 7 nitrogen and oxygen atoms in total. The van der Waals surface area contributed by atoms with Crippen molar-refractivity contribution in [3.8, 4) is 17.1 Å². The molecule has 2 aromatic carbocycles. The minimum Gasteiger partial charge on any atom is -0.494 e. The molecule has 0 saturated heterocycles. The van der Waals surface area contributed by atoms with Crippen LogP contribution in [0.1, 0.15) is 19.4 Å². The lowest BCUT2D eigenvalue weighted by Gasteiger charge is -2.13. The normalized spacial score (nSPS) is 11.8. The Morgan fingerprint density at radius 3 is 2.61 bits per heavy atom. The number of rotatable bonds is 7. The van der Waals surface area contributed by atoms with Gasteiger partial charge in [-0.3, -0.25) is 4.79 Å². The Morgan fingerprint density at radius 1 is 1.21 bits per heavy atom. The van der Waals surface area contributed by atoms with Gasteiger partial charge in [-0.2, -0.15) is 0 Å². The molecule has 0 radical (unpaired) electrons. The zero-order valence-electron chi connectivity index (χ0n) is 16.0. The fourth-order valence-corrected chi connectivity index (χ4v) is 3.35. The van der Waals surface area contributed by atoms with Crippen LogP contribution in [-0.4, -0.2) is 32.6 Å². The summed E-state index contributed by atoms with van der Waals surface area (Å²) in [7, 11) is 0. The van der Waals surface area contributed by atoms with Gasteiger partial charge in [0.2, 0.25) is 11.1 Å². The summed E-state index contributed by atoms with van der Waals surface area (Å²) < 4.78 is 6.85. The molecule has 1 atom stereocenters. The maximum absolute atomic E-state index is 12.5. The Balaban J connectivity index is 1.69. The summed E-state index contributed by atoms with van der Waals surface area (Å²) in [5, 5.41) is 11.3. The number of nitrogens with zero attached hydrogens (tertiary/aromatic N) is 3. The van der Waals surface area contributed by atoms with Crippen LogP contribution in [0.15, 0.2) is 53.7 Å². The number of aromatic nitrogens is 3. The number of ether oxygens (including phenoxy) is 1. The monoisotopic (exact) mass is 397 g/mol. The third-order valence-electron chi connectivity index (χ3n) is 4.14. The van der Waals surface area contributed by atoms with Crippen LogP contribution in [0.4, 0.5) is 5.69 Å². The molecule has 0 aliphatic heterocycles. The van der Waals surface area contributed by atoms with E-state index in [1.165, 1.54) is 16.4 Å².